The van der Waals surface area contributed by atoms with E-state index in [9.17, 15) is 31.8 Å². The van der Waals surface area contributed by atoms with Crippen LogP contribution in [0.1, 0.15) is 69.1 Å². The van der Waals surface area contributed by atoms with Crippen molar-refractivity contribution in [1.82, 2.24) is 10.0 Å². The maximum Gasteiger partial charge on any atom is 0.327 e. The molecule has 13 heteroatoms. The lowest BCUT2D eigenvalue weighted by Gasteiger charge is -2.35. The molecule has 1 aliphatic carbocycles. The van der Waals surface area contributed by atoms with E-state index >= 15 is 0 Å². The molecule has 0 spiro atoms. The highest BCUT2D eigenvalue weighted by atomic mass is 32.2. The molecule has 1 saturated carbocycles. The van der Waals surface area contributed by atoms with Gasteiger partial charge in [-0.15, -0.1) is 0 Å². The number of anilines is 1. The Bertz CT molecular complexity index is 1500. The zero-order valence-corrected chi connectivity index (χ0v) is 26.6. The van der Waals surface area contributed by atoms with E-state index < -0.39 is 37.5 Å². The largest absolute Gasteiger partial charge is 0.507 e. The van der Waals surface area contributed by atoms with Gasteiger partial charge in [0.1, 0.15) is 16.2 Å². The molecule has 43 heavy (non-hydrogen) atoms. The quantitative estimate of drug-likeness (QED) is 0.270. The molecule has 238 valence electrons. The normalized spacial score (nSPS) is 18.7. The molecule has 0 amide bonds. The van der Waals surface area contributed by atoms with Crippen molar-refractivity contribution in [2.75, 3.05) is 37.4 Å². The summed E-state index contributed by atoms with van der Waals surface area (Å²) in [7, 11) is -7.60. The van der Waals surface area contributed by atoms with E-state index in [2.05, 4.69) is 14.9 Å². The third-order valence-electron chi connectivity index (χ3n) is 8.47. The van der Waals surface area contributed by atoms with Gasteiger partial charge in [-0.3, -0.25) is 4.79 Å². The van der Waals surface area contributed by atoms with E-state index in [4.69, 9.17) is 4.74 Å². The number of phenolic OH excluding ortho intramolecular Hbond substituents is 1. The second-order valence-corrected chi connectivity index (χ2v) is 15.2. The molecule has 2 aromatic rings. The van der Waals surface area contributed by atoms with Crippen molar-refractivity contribution in [3.63, 3.8) is 0 Å². The van der Waals surface area contributed by atoms with Crippen LogP contribution in [-0.2, 0) is 29.4 Å². The van der Waals surface area contributed by atoms with Gasteiger partial charge in [0.25, 0.3) is 0 Å². The molecular weight excluding hydrogens is 594 g/mol. The minimum absolute atomic E-state index is 0.0968. The number of hydrogen-bond donors (Lipinski definition) is 4. The van der Waals surface area contributed by atoms with Gasteiger partial charge in [0.15, 0.2) is 9.84 Å². The number of nitrogens with zero attached hydrogens (tertiary/aromatic N) is 1. The summed E-state index contributed by atoms with van der Waals surface area (Å²) in [6, 6.07) is 9.64. The van der Waals surface area contributed by atoms with Crippen LogP contribution in [0.15, 0.2) is 46.2 Å². The van der Waals surface area contributed by atoms with Crippen LogP contribution in [0.2, 0.25) is 0 Å². The number of aliphatic hydroxyl groups is 1. The number of piperidine rings is 1. The molecular formula is C30H43N3O8S2. The van der Waals surface area contributed by atoms with Crippen LogP contribution in [0, 0.1) is 6.92 Å². The number of hydrogen-bond acceptors (Lipinski definition) is 10. The topological polar surface area (TPSA) is 162 Å². The fourth-order valence-corrected chi connectivity index (χ4v) is 8.71. The standard InChI is InChI=1S/C30H43N3O8S2/c1-4-41-29(36)30(16-6-5-7-17-30)32-43(39,40)24-10-8-23(9-11-24)33-18-14-22(15-19-33)31-20-27(35)25-12-13-26(34)28(21(25)2)42(3,37)38/h8-13,22,27,31-32,34-35H,4-7,14-20H2,1-3H3. The number of nitrogens with one attached hydrogen (secondary N) is 2. The van der Waals surface area contributed by atoms with E-state index in [1.54, 1.807) is 44.2 Å². The van der Waals surface area contributed by atoms with Crippen LogP contribution >= 0.6 is 0 Å². The summed E-state index contributed by atoms with van der Waals surface area (Å²) >= 11 is 0. The summed E-state index contributed by atoms with van der Waals surface area (Å²) in [4.78, 5) is 14.8. The van der Waals surface area contributed by atoms with E-state index in [0.29, 0.717) is 24.0 Å². The van der Waals surface area contributed by atoms with E-state index in [0.717, 1.165) is 57.1 Å². The first-order chi connectivity index (χ1) is 20.3. The molecule has 2 aliphatic rings. The Morgan fingerprint density at radius 3 is 2.26 bits per heavy atom. The number of aromatic hydroxyl groups is 1. The molecule has 11 nitrogen and oxygen atoms in total. The maximum atomic E-state index is 13.3. The number of phenols is 1. The molecule has 1 heterocycles. The minimum atomic E-state index is -3.94. The van der Waals surface area contributed by atoms with Gasteiger partial charge < -0.3 is 25.2 Å². The first-order valence-corrected chi connectivity index (χ1v) is 18.1. The molecule has 0 aromatic heterocycles. The zero-order chi connectivity index (χ0) is 31.4. The monoisotopic (exact) mass is 637 g/mol. The van der Waals surface area contributed by atoms with Crippen molar-refractivity contribution in [3.8, 4) is 5.75 Å². The Morgan fingerprint density at radius 1 is 1.05 bits per heavy atom. The average molecular weight is 638 g/mol. The average Bonchev–Trinajstić information content (AvgIpc) is 2.96. The van der Waals surface area contributed by atoms with Crippen LogP contribution in [0.5, 0.6) is 5.75 Å². The molecule has 1 saturated heterocycles. The fraction of sp³-hybridized carbons (Fsp3) is 0.567. The summed E-state index contributed by atoms with van der Waals surface area (Å²) in [6.45, 7) is 5.15. The summed E-state index contributed by atoms with van der Waals surface area (Å²) in [5, 5.41) is 24.2. The first kappa shape index (κ1) is 33.2. The van der Waals surface area contributed by atoms with Crippen LogP contribution in [0.25, 0.3) is 0 Å². The molecule has 2 aromatic carbocycles. The number of aliphatic hydroxyl groups excluding tert-OH is 1. The predicted molar refractivity (Wildman–Crippen MR) is 163 cm³/mol. The third-order valence-corrected chi connectivity index (χ3v) is 11.3. The van der Waals surface area contributed by atoms with Gasteiger partial charge in [0, 0.05) is 37.6 Å². The number of carbonyl (C=O) groups excluding carboxylic acids is 1. The highest BCUT2D eigenvalue weighted by molar-refractivity contribution is 7.91. The van der Waals surface area contributed by atoms with Gasteiger partial charge in [-0.25, -0.2) is 16.8 Å². The number of carbonyl (C=O) groups is 1. The Hall–Kier alpha value is -2.71. The molecule has 1 aliphatic heterocycles. The lowest BCUT2D eigenvalue weighted by Crippen LogP contribution is -2.56. The summed E-state index contributed by atoms with van der Waals surface area (Å²) < 4.78 is 58.7. The number of sulfonamides is 1. The Balaban J connectivity index is 1.33. The Morgan fingerprint density at radius 2 is 1.67 bits per heavy atom. The van der Waals surface area contributed by atoms with Crippen molar-refractivity contribution < 1.29 is 36.6 Å². The molecule has 4 rings (SSSR count). The zero-order valence-electron chi connectivity index (χ0n) is 25.0. The number of sulfone groups is 1. The lowest BCUT2D eigenvalue weighted by molar-refractivity contribution is -0.151. The Labute approximate surface area is 254 Å². The van der Waals surface area contributed by atoms with Gasteiger partial charge in [-0.05, 0) is 81.0 Å². The van der Waals surface area contributed by atoms with Crippen molar-refractivity contribution in [2.24, 2.45) is 0 Å². The lowest BCUT2D eigenvalue weighted by atomic mass is 9.82. The maximum absolute atomic E-state index is 13.3. The highest BCUT2D eigenvalue weighted by Gasteiger charge is 2.44. The summed E-state index contributed by atoms with van der Waals surface area (Å²) in [6.07, 6.45) is 4.96. The third kappa shape index (κ3) is 7.69. The number of benzene rings is 2. The summed E-state index contributed by atoms with van der Waals surface area (Å²) in [5.41, 5.74) is 0.445. The summed E-state index contributed by atoms with van der Waals surface area (Å²) in [5.74, 6) is -0.848. The molecule has 1 unspecified atom stereocenters. The smallest absolute Gasteiger partial charge is 0.327 e. The van der Waals surface area contributed by atoms with E-state index in [-0.39, 0.29) is 34.7 Å². The molecule has 2 fully saturated rings. The van der Waals surface area contributed by atoms with Crippen molar-refractivity contribution in [2.45, 2.75) is 86.3 Å². The molecule has 0 bridgehead atoms. The highest BCUT2D eigenvalue weighted by Crippen LogP contribution is 2.33. The second-order valence-electron chi connectivity index (χ2n) is 11.5. The van der Waals surface area contributed by atoms with Crippen LogP contribution in [0.4, 0.5) is 5.69 Å². The van der Waals surface area contributed by atoms with Gasteiger partial charge >= 0.3 is 5.97 Å². The second kappa shape index (κ2) is 13.5. The van der Waals surface area contributed by atoms with Crippen LogP contribution in [-0.4, -0.2) is 77.1 Å². The van der Waals surface area contributed by atoms with Gasteiger partial charge in [0.05, 0.1) is 17.6 Å². The van der Waals surface area contributed by atoms with E-state index in [1.807, 2.05) is 0 Å². The fourth-order valence-electron chi connectivity index (χ4n) is 6.18. The van der Waals surface area contributed by atoms with Gasteiger partial charge in [-0.1, -0.05) is 25.3 Å². The number of esters is 1. The van der Waals surface area contributed by atoms with Crippen LogP contribution < -0.4 is 14.9 Å². The molecule has 4 N–H and O–H groups in total. The number of ether oxygens (including phenoxy) is 1. The van der Waals surface area contributed by atoms with Crippen molar-refractivity contribution >= 4 is 31.5 Å². The molecule has 0 radical (unpaired) electrons. The van der Waals surface area contributed by atoms with Gasteiger partial charge in [-0.2, -0.15) is 4.72 Å². The van der Waals surface area contributed by atoms with Crippen molar-refractivity contribution in [1.29, 1.82) is 0 Å². The van der Waals surface area contributed by atoms with Crippen LogP contribution in [0.3, 0.4) is 0 Å². The Kier molecular flexibility index (Phi) is 10.4. The molecule has 1 atom stereocenters. The van der Waals surface area contributed by atoms with Crippen molar-refractivity contribution in [3.05, 3.63) is 47.5 Å². The van der Waals surface area contributed by atoms with Gasteiger partial charge in [0.2, 0.25) is 10.0 Å². The number of rotatable bonds is 11. The first-order valence-electron chi connectivity index (χ1n) is 14.8. The minimum Gasteiger partial charge on any atom is -0.507 e. The SMILES string of the molecule is CCOC(=O)C1(NS(=O)(=O)c2ccc(N3CCC(NCC(O)c4ccc(O)c(S(C)(=O)=O)c4C)CC3)cc2)CCCCC1. The predicted octanol–water partition coefficient (Wildman–Crippen LogP) is 2.94. The van der Waals surface area contributed by atoms with E-state index in [1.165, 1.54) is 6.07 Å².